The first-order chi connectivity index (χ1) is 20.4. The summed E-state index contributed by atoms with van der Waals surface area (Å²) in [6.45, 7) is 6.64. The molecule has 0 saturated carbocycles. The molecule has 0 unspecified atom stereocenters. The van der Waals surface area contributed by atoms with Crippen LogP contribution in [-0.2, 0) is 26.5 Å². The summed E-state index contributed by atoms with van der Waals surface area (Å²) >= 11 is 1.56. The van der Waals surface area contributed by atoms with Crippen LogP contribution in [0.5, 0.6) is 11.5 Å². The molecule has 0 aliphatic heterocycles. The van der Waals surface area contributed by atoms with Crippen molar-refractivity contribution in [2.75, 3.05) is 0 Å². The monoisotopic (exact) mass is 759 g/mol. The van der Waals surface area contributed by atoms with Gasteiger partial charge < -0.3 is 14.3 Å². The number of hydrogen-bond donors (Lipinski definition) is 0. The Morgan fingerprint density at radius 1 is 0.814 bits per heavy atom. The minimum Gasteiger partial charge on any atom is -0.503 e. The van der Waals surface area contributed by atoms with Crippen molar-refractivity contribution >= 4 is 48.3 Å². The number of rotatable bonds is 4. The van der Waals surface area contributed by atoms with Crippen LogP contribution in [-0.4, -0.2) is 29.1 Å². The van der Waals surface area contributed by atoms with Crippen LogP contribution >= 0.6 is 11.3 Å². The summed E-state index contributed by atoms with van der Waals surface area (Å²) < 4.78 is 11.6. The number of thiazole rings is 1. The first-order valence-electron chi connectivity index (χ1n) is 13.6. The molecule has 7 nitrogen and oxygen atoms in total. The Labute approximate surface area is 266 Å². The Morgan fingerprint density at radius 3 is 2.51 bits per heavy atom. The average molecular weight is 760 g/mol. The Balaban J connectivity index is 0.00000300. The maximum atomic E-state index is 6.49. The van der Waals surface area contributed by atoms with Gasteiger partial charge in [0.2, 0.25) is 4.96 Å². The van der Waals surface area contributed by atoms with Gasteiger partial charge in [0.1, 0.15) is 12.1 Å². The van der Waals surface area contributed by atoms with E-state index in [1.54, 1.807) is 23.9 Å². The molecular formula is C34H24N6OPtS. The van der Waals surface area contributed by atoms with Crippen molar-refractivity contribution < 1.29 is 25.8 Å². The van der Waals surface area contributed by atoms with Gasteiger partial charge in [-0.25, -0.2) is 4.98 Å². The van der Waals surface area contributed by atoms with Crippen LogP contribution < -0.4 is 4.74 Å². The molecule has 0 saturated heterocycles. The molecule has 5 aromatic heterocycles. The summed E-state index contributed by atoms with van der Waals surface area (Å²) in [5.41, 5.74) is 5.78. The number of fused-ring (bicyclic) bond motifs is 6. The Morgan fingerprint density at radius 2 is 1.67 bits per heavy atom. The molecule has 0 aliphatic rings. The molecule has 3 aromatic carbocycles. The number of ether oxygens (including phenoxy) is 1. The van der Waals surface area contributed by atoms with E-state index in [4.69, 9.17) is 9.72 Å². The minimum absolute atomic E-state index is 0. The van der Waals surface area contributed by atoms with Crippen LogP contribution in [0.15, 0.2) is 91.5 Å². The second-order valence-electron chi connectivity index (χ2n) is 11.2. The smallest absolute Gasteiger partial charge is 0.503 e. The van der Waals surface area contributed by atoms with Gasteiger partial charge in [0.15, 0.2) is 0 Å². The zero-order valence-corrected chi connectivity index (χ0v) is 26.6. The van der Waals surface area contributed by atoms with Crippen molar-refractivity contribution in [2.45, 2.75) is 26.2 Å². The van der Waals surface area contributed by atoms with Crippen LogP contribution in [0.4, 0.5) is 0 Å². The van der Waals surface area contributed by atoms with E-state index in [0.29, 0.717) is 11.5 Å². The normalized spacial score (nSPS) is 11.9. The van der Waals surface area contributed by atoms with Crippen molar-refractivity contribution in [1.29, 1.82) is 0 Å². The van der Waals surface area contributed by atoms with Crippen molar-refractivity contribution in [3.63, 3.8) is 0 Å². The van der Waals surface area contributed by atoms with E-state index >= 15 is 0 Å². The third-order valence-corrected chi connectivity index (χ3v) is 8.56. The fourth-order valence-electron chi connectivity index (χ4n) is 5.41. The first-order valence-corrected chi connectivity index (χ1v) is 14.5. The van der Waals surface area contributed by atoms with E-state index in [-0.39, 0.29) is 26.5 Å². The van der Waals surface area contributed by atoms with E-state index in [9.17, 15) is 0 Å². The van der Waals surface area contributed by atoms with Crippen LogP contribution in [0, 0.1) is 12.1 Å². The fraction of sp³-hybridized carbons (Fsp3) is 0.118. The Hall–Kier alpha value is -4.39. The zero-order chi connectivity index (χ0) is 28.4. The van der Waals surface area contributed by atoms with E-state index in [1.165, 1.54) is 5.56 Å². The predicted octanol–water partition coefficient (Wildman–Crippen LogP) is 8.19. The second-order valence-corrected chi connectivity index (χ2v) is 12.2. The van der Waals surface area contributed by atoms with E-state index < -0.39 is 0 Å². The molecule has 9 heteroatoms. The van der Waals surface area contributed by atoms with Crippen molar-refractivity contribution in [3.05, 3.63) is 109 Å². The summed E-state index contributed by atoms with van der Waals surface area (Å²) in [6.07, 6.45) is 5.38. The van der Waals surface area contributed by atoms with Crippen LogP contribution in [0.2, 0.25) is 0 Å². The molecule has 8 rings (SSSR count). The van der Waals surface area contributed by atoms with Gasteiger partial charge in [-0.3, -0.25) is 4.40 Å². The standard InChI is InChI=1S/C34H24N6OS.Pt/c1-34(2,3)21-13-15-36-31(16-21)40-28-10-5-4-8-24(28)25-12-11-22(18-29(25)40)41-23-17-26(27-9-6-7-14-35-27)32-30(19-23)39-20-37-38-33(39)42-32;/h4-16,19-20H,1-3H3;/q-2;+2. The van der Waals surface area contributed by atoms with Gasteiger partial charge >= 0.3 is 21.1 Å². The van der Waals surface area contributed by atoms with Gasteiger partial charge in [-0.15, -0.1) is 44.6 Å². The average Bonchev–Trinajstić information content (AvgIpc) is 3.69. The summed E-state index contributed by atoms with van der Waals surface area (Å²) in [7, 11) is 0. The molecule has 212 valence electrons. The zero-order valence-electron chi connectivity index (χ0n) is 23.5. The van der Waals surface area contributed by atoms with Crippen LogP contribution in [0.3, 0.4) is 0 Å². The Bertz CT molecular complexity index is 2280. The molecule has 0 amide bonds. The number of nitrogens with zero attached hydrogens (tertiary/aromatic N) is 6. The van der Waals surface area contributed by atoms with E-state index in [1.807, 2.05) is 40.9 Å². The maximum absolute atomic E-state index is 6.49. The van der Waals surface area contributed by atoms with Gasteiger partial charge in [0, 0.05) is 29.4 Å². The number of hydrogen-bond acceptors (Lipinski definition) is 6. The molecule has 0 aliphatic carbocycles. The molecule has 0 spiro atoms. The topological polar surface area (TPSA) is 70.1 Å². The quantitative estimate of drug-likeness (QED) is 0.170. The molecule has 5 heterocycles. The van der Waals surface area contributed by atoms with Crippen LogP contribution in [0.25, 0.3) is 54.1 Å². The van der Waals surface area contributed by atoms with Gasteiger partial charge in [0.05, 0.1) is 0 Å². The first kappa shape index (κ1) is 27.4. The molecule has 0 bridgehead atoms. The molecular weight excluding hydrogens is 736 g/mol. The number of benzene rings is 3. The number of para-hydroxylation sites is 1. The van der Waals surface area contributed by atoms with Crippen molar-refractivity contribution in [3.8, 4) is 28.6 Å². The number of pyridine rings is 2. The molecule has 0 N–H and O–H groups in total. The van der Waals surface area contributed by atoms with Gasteiger partial charge in [0.25, 0.3) is 0 Å². The SMILES string of the molecule is CC(C)(C)c1ccnc(-n2c3[c-]c(Oc4[c-]c(-c5ccccn5)c5sc6nncn6c5c4)ccc3c3ccccc32)c1.[Pt+2]. The predicted molar refractivity (Wildman–Crippen MR) is 167 cm³/mol. The maximum Gasteiger partial charge on any atom is 2.00 e. The summed E-state index contributed by atoms with van der Waals surface area (Å²) in [6, 6.07) is 31.5. The van der Waals surface area contributed by atoms with E-state index in [0.717, 1.165) is 54.1 Å². The molecule has 0 fully saturated rings. The molecule has 0 atom stereocenters. The van der Waals surface area contributed by atoms with Crippen LogP contribution in [0.1, 0.15) is 26.3 Å². The van der Waals surface area contributed by atoms with E-state index in [2.05, 4.69) is 95.1 Å². The third-order valence-electron chi connectivity index (χ3n) is 7.48. The van der Waals surface area contributed by atoms with Gasteiger partial charge in [-0.1, -0.05) is 68.8 Å². The second kappa shape index (κ2) is 10.4. The largest absolute Gasteiger partial charge is 2.00 e. The summed E-state index contributed by atoms with van der Waals surface area (Å²) in [4.78, 5) is 10.2. The third kappa shape index (κ3) is 4.62. The molecule has 8 aromatic rings. The molecule has 43 heavy (non-hydrogen) atoms. The van der Waals surface area contributed by atoms with Gasteiger partial charge in [-0.05, 0) is 56.5 Å². The summed E-state index contributed by atoms with van der Waals surface area (Å²) in [5.74, 6) is 1.99. The molecule has 0 radical (unpaired) electrons. The number of aromatic nitrogens is 6. The minimum atomic E-state index is -0.00787. The summed E-state index contributed by atoms with van der Waals surface area (Å²) in [5, 5.41) is 10.6. The van der Waals surface area contributed by atoms with Crippen molar-refractivity contribution in [2.24, 2.45) is 0 Å². The van der Waals surface area contributed by atoms with Crippen molar-refractivity contribution in [1.82, 2.24) is 29.1 Å². The Kier molecular flexibility index (Phi) is 6.64. The van der Waals surface area contributed by atoms with Gasteiger partial charge in [-0.2, -0.15) is 6.07 Å². The fourth-order valence-corrected chi connectivity index (χ4v) is 6.44.